The van der Waals surface area contributed by atoms with Gasteiger partial charge >= 0.3 is 0 Å². The summed E-state index contributed by atoms with van der Waals surface area (Å²) in [6.07, 6.45) is 5.03. The van der Waals surface area contributed by atoms with Gasteiger partial charge in [-0.1, -0.05) is 94.1 Å². The van der Waals surface area contributed by atoms with Crippen LogP contribution in [-0.2, 0) is 13.9 Å². The Kier molecular flexibility index (Phi) is 7.15. The van der Waals surface area contributed by atoms with E-state index in [9.17, 15) is 0 Å². The van der Waals surface area contributed by atoms with Crippen molar-refractivity contribution in [1.29, 1.82) is 0 Å². The van der Waals surface area contributed by atoms with Crippen LogP contribution in [0.3, 0.4) is 0 Å². The smallest absolute Gasteiger partial charge is 0.261 e. The Bertz CT molecular complexity index is 1510. The summed E-state index contributed by atoms with van der Waals surface area (Å²) in [5.74, 6) is -0.263. The monoisotopic (exact) mass is 586 g/mol. The van der Waals surface area contributed by atoms with Crippen LogP contribution >= 0.6 is 11.8 Å². The molecule has 0 bridgehead atoms. The van der Waals surface area contributed by atoms with Crippen molar-refractivity contribution in [3.63, 3.8) is 0 Å². The Morgan fingerprint density at radius 1 is 1.02 bits per heavy atom. The number of thioether (sulfide) groups is 1. The topological polar surface area (TPSA) is 84.4 Å². The molecule has 2 N–H and O–H groups in total. The zero-order valence-electron chi connectivity index (χ0n) is 24.3. The predicted molar refractivity (Wildman–Crippen MR) is 170 cm³/mol. The summed E-state index contributed by atoms with van der Waals surface area (Å²) in [7, 11) is -2.72. The summed E-state index contributed by atoms with van der Waals surface area (Å²) in [5, 5.41) is 3.17. The van der Waals surface area contributed by atoms with E-state index in [0.29, 0.717) is 12.4 Å². The molecule has 7 nitrogen and oxygen atoms in total. The lowest BCUT2D eigenvalue weighted by molar-refractivity contribution is -0.149. The molecule has 4 heterocycles. The molecule has 2 aromatic carbocycles. The lowest BCUT2D eigenvalue weighted by atomic mass is 10.1. The maximum Gasteiger partial charge on any atom is 0.261 e. The van der Waals surface area contributed by atoms with Crippen LogP contribution in [0.15, 0.2) is 79.8 Å². The van der Waals surface area contributed by atoms with Gasteiger partial charge in [-0.15, -0.1) is 11.8 Å². The number of hydrogen-bond acceptors (Lipinski definition) is 7. The first-order valence-corrected chi connectivity index (χ1v) is 16.9. The molecule has 2 aliphatic rings. The van der Waals surface area contributed by atoms with Gasteiger partial charge in [-0.25, -0.2) is 9.97 Å². The molecule has 214 valence electrons. The number of rotatable bonds is 7. The molecule has 0 aliphatic carbocycles. The van der Waals surface area contributed by atoms with Gasteiger partial charge in [0.05, 0.1) is 10.6 Å². The third-order valence-electron chi connectivity index (χ3n) is 8.17. The fourth-order valence-electron chi connectivity index (χ4n) is 6.47. The minimum Gasteiger partial charge on any atom is -0.406 e. The number of aromatic nitrogens is 3. The van der Waals surface area contributed by atoms with Crippen LogP contribution in [0.5, 0.6) is 0 Å². The fraction of sp³-hybridized carbons (Fsp3) is 0.375. The Labute approximate surface area is 247 Å². The molecule has 4 atom stereocenters. The molecule has 0 unspecified atom stereocenters. The van der Waals surface area contributed by atoms with Crippen LogP contribution in [0.1, 0.15) is 45.6 Å². The van der Waals surface area contributed by atoms with Gasteiger partial charge in [0.15, 0.2) is 5.79 Å². The average molecular weight is 587 g/mol. The van der Waals surface area contributed by atoms with Crippen LogP contribution in [0.2, 0.25) is 5.04 Å². The molecule has 2 aromatic heterocycles. The number of anilines is 1. The fourth-order valence-corrected chi connectivity index (χ4v) is 12.7. The number of hydrogen-bond donors (Lipinski definition) is 1. The average Bonchev–Trinajstić information content (AvgIpc) is 3.58. The van der Waals surface area contributed by atoms with E-state index in [1.54, 1.807) is 6.08 Å². The molecule has 2 fully saturated rings. The van der Waals surface area contributed by atoms with Crippen LogP contribution in [0.4, 0.5) is 5.82 Å². The summed E-state index contributed by atoms with van der Waals surface area (Å²) < 4.78 is 22.6. The first-order chi connectivity index (χ1) is 19.6. The molecule has 0 radical (unpaired) electrons. The zero-order chi connectivity index (χ0) is 29.0. The third kappa shape index (κ3) is 4.73. The van der Waals surface area contributed by atoms with Crippen molar-refractivity contribution < 1.29 is 13.9 Å². The van der Waals surface area contributed by atoms with E-state index in [0.717, 1.165) is 16.6 Å². The summed E-state index contributed by atoms with van der Waals surface area (Å²) in [6.45, 7) is 15.4. The molecule has 2 saturated heterocycles. The van der Waals surface area contributed by atoms with E-state index in [2.05, 4.69) is 109 Å². The van der Waals surface area contributed by atoms with Crippen molar-refractivity contribution in [1.82, 2.24) is 14.5 Å². The number of nitrogens with two attached hydrogens (primary N) is 1. The van der Waals surface area contributed by atoms with Crippen molar-refractivity contribution in [2.75, 3.05) is 12.3 Å². The SMILES string of the molecule is C=Cc1cn([C@@H]2S[C@H](CO[Si](c3ccccc3)(c3ccccc3)C(C)(C)C)[C@H]3OC(C)(C)O[C@H]32)c2ncnc(N)c12. The molecule has 4 aromatic rings. The number of nitrogens with zero attached hydrogens (tertiary/aromatic N) is 3. The standard InChI is InChI=1S/C32H38N4O3SSi/c1-7-21-18-36(29-25(21)28(33)34-20-35-29)30-27-26(38-32(5,6)39-27)24(40-30)19-37-41(31(2,3)4,22-14-10-8-11-15-22)23-16-12-9-13-17-23/h7-18,20,24,26-27,30H,1,19H2,2-6H3,(H2,33,34,35)/t24-,26-,27-,30-/m1/s1. The summed E-state index contributed by atoms with van der Waals surface area (Å²) in [5.41, 5.74) is 7.95. The minimum atomic E-state index is -2.72. The largest absolute Gasteiger partial charge is 0.406 e. The molecule has 0 amide bonds. The Morgan fingerprint density at radius 3 is 2.22 bits per heavy atom. The molecular weight excluding hydrogens is 549 g/mol. The Morgan fingerprint density at radius 2 is 1.63 bits per heavy atom. The van der Waals surface area contributed by atoms with Crippen LogP contribution < -0.4 is 16.1 Å². The Hall–Kier alpha value is -2.95. The molecule has 0 saturated carbocycles. The van der Waals surface area contributed by atoms with Gasteiger partial charge < -0.3 is 24.2 Å². The second-order valence-corrected chi connectivity index (χ2v) is 17.9. The van der Waals surface area contributed by atoms with Crippen LogP contribution in [-0.4, -0.2) is 52.7 Å². The van der Waals surface area contributed by atoms with Crippen molar-refractivity contribution in [2.45, 2.75) is 68.3 Å². The lowest BCUT2D eigenvalue weighted by Gasteiger charge is -2.43. The van der Waals surface area contributed by atoms with Crippen molar-refractivity contribution in [2.24, 2.45) is 0 Å². The first-order valence-electron chi connectivity index (χ1n) is 14.1. The molecule has 9 heteroatoms. The van der Waals surface area contributed by atoms with Crippen molar-refractivity contribution in [3.05, 3.63) is 85.3 Å². The van der Waals surface area contributed by atoms with Gasteiger partial charge in [0.2, 0.25) is 0 Å². The third-order valence-corrected chi connectivity index (χ3v) is 14.7. The minimum absolute atomic E-state index is 0.0391. The van der Waals surface area contributed by atoms with E-state index in [1.807, 2.05) is 25.6 Å². The number of nitrogen functional groups attached to an aromatic ring is 1. The maximum atomic E-state index is 7.36. The van der Waals surface area contributed by atoms with E-state index >= 15 is 0 Å². The van der Waals surface area contributed by atoms with Gasteiger partial charge in [0.25, 0.3) is 8.32 Å². The highest BCUT2D eigenvalue weighted by molar-refractivity contribution is 8.00. The number of fused-ring (bicyclic) bond motifs is 2. The summed E-state index contributed by atoms with van der Waals surface area (Å²) in [4.78, 5) is 8.84. The molecule has 2 aliphatic heterocycles. The van der Waals surface area contributed by atoms with Crippen molar-refractivity contribution in [3.8, 4) is 0 Å². The van der Waals surface area contributed by atoms with E-state index < -0.39 is 14.1 Å². The van der Waals surface area contributed by atoms with Crippen LogP contribution in [0.25, 0.3) is 17.1 Å². The molecule has 41 heavy (non-hydrogen) atoms. The lowest BCUT2D eigenvalue weighted by Crippen LogP contribution is -2.67. The zero-order valence-corrected chi connectivity index (χ0v) is 26.1. The van der Waals surface area contributed by atoms with Gasteiger partial charge in [-0.3, -0.25) is 0 Å². The first kappa shape index (κ1) is 28.2. The second-order valence-electron chi connectivity index (χ2n) is 12.3. The number of benzene rings is 2. The van der Waals surface area contributed by atoms with Gasteiger partial charge in [-0.2, -0.15) is 0 Å². The molecule has 0 spiro atoms. The molecule has 6 rings (SSSR count). The van der Waals surface area contributed by atoms with Gasteiger partial charge in [-0.05, 0) is 29.3 Å². The normalized spacial score (nSPS) is 24.0. The second kappa shape index (κ2) is 10.4. The highest BCUT2D eigenvalue weighted by Crippen LogP contribution is 2.52. The molecular formula is C32H38N4O3SSi. The van der Waals surface area contributed by atoms with Crippen molar-refractivity contribution >= 4 is 53.4 Å². The van der Waals surface area contributed by atoms with E-state index in [1.165, 1.54) is 16.7 Å². The Balaban J connectivity index is 1.40. The summed E-state index contributed by atoms with van der Waals surface area (Å²) >= 11 is 1.82. The predicted octanol–water partition coefficient (Wildman–Crippen LogP) is 5.37. The van der Waals surface area contributed by atoms with Gasteiger partial charge in [0, 0.05) is 18.4 Å². The van der Waals surface area contributed by atoms with E-state index in [-0.39, 0.29) is 27.9 Å². The highest BCUT2D eigenvalue weighted by atomic mass is 32.2. The maximum absolute atomic E-state index is 7.36. The van der Waals surface area contributed by atoms with Crippen LogP contribution in [0, 0.1) is 0 Å². The summed E-state index contributed by atoms with van der Waals surface area (Å²) in [6, 6.07) is 21.5. The quantitative estimate of drug-likeness (QED) is 0.292. The number of ether oxygens (including phenoxy) is 2. The van der Waals surface area contributed by atoms with E-state index in [4.69, 9.17) is 19.6 Å². The van der Waals surface area contributed by atoms with Gasteiger partial charge in [0.1, 0.15) is 35.4 Å². The highest BCUT2D eigenvalue weighted by Gasteiger charge is 2.57.